The number of carbonyl (C=O) groups excluding carboxylic acids is 1. The second-order valence-corrected chi connectivity index (χ2v) is 7.28. The fraction of sp³-hybridized carbons (Fsp3) is 0.286. The largest absolute Gasteiger partial charge is 0.481 e. The number of nitrogens with one attached hydrogen (secondary N) is 1. The average molecular weight is 439 g/mol. The van der Waals surface area contributed by atoms with E-state index >= 15 is 0 Å². The first-order chi connectivity index (χ1) is 15.2. The Morgan fingerprint density at radius 3 is 2.44 bits per heavy atom. The highest BCUT2D eigenvalue weighted by molar-refractivity contribution is 5.98. The Labute approximate surface area is 181 Å². The van der Waals surface area contributed by atoms with Crippen LogP contribution in [0.1, 0.15) is 40.9 Å². The number of aryl methyl sites for hydroxylation is 2. The summed E-state index contributed by atoms with van der Waals surface area (Å²) >= 11 is 0. The summed E-state index contributed by atoms with van der Waals surface area (Å²) in [6.07, 6.45) is 1.92. The van der Waals surface area contributed by atoms with Gasteiger partial charge in [0.1, 0.15) is 0 Å². The summed E-state index contributed by atoms with van der Waals surface area (Å²) < 4.78 is 0. The van der Waals surface area contributed by atoms with Crippen LogP contribution in [0.25, 0.3) is 11.2 Å². The molecule has 1 unspecified atom stereocenters. The van der Waals surface area contributed by atoms with Crippen LogP contribution in [0.4, 0.5) is 5.95 Å². The number of anilines is 1. The number of benzene rings is 1. The predicted molar refractivity (Wildman–Crippen MR) is 113 cm³/mol. The topological polar surface area (TPSA) is 189 Å². The fourth-order valence-electron chi connectivity index (χ4n) is 3.17. The highest BCUT2D eigenvalue weighted by Crippen LogP contribution is 2.17. The van der Waals surface area contributed by atoms with Crippen LogP contribution < -0.4 is 11.3 Å². The summed E-state index contributed by atoms with van der Waals surface area (Å²) in [6.45, 7) is 0. The van der Waals surface area contributed by atoms with Crippen molar-refractivity contribution in [2.75, 3.05) is 5.73 Å². The lowest BCUT2D eigenvalue weighted by Crippen LogP contribution is -2.19. The van der Waals surface area contributed by atoms with Gasteiger partial charge in [0.15, 0.2) is 16.9 Å². The van der Waals surface area contributed by atoms with Crippen molar-refractivity contribution in [3.05, 3.63) is 57.6 Å². The van der Waals surface area contributed by atoms with Gasteiger partial charge in [-0.3, -0.25) is 24.2 Å². The van der Waals surface area contributed by atoms with Gasteiger partial charge in [-0.15, -0.1) is 0 Å². The van der Waals surface area contributed by atoms with Crippen molar-refractivity contribution in [2.24, 2.45) is 5.92 Å². The van der Waals surface area contributed by atoms with E-state index in [4.69, 9.17) is 10.8 Å². The maximum atomic E-state index is 12.4. The highest BCUT2D eigenvalue weighted by Gasteiger charge is 2.22. The molecule has 0 bridgehead atoms. The molecular formula is C21H21N5O6. The van der Waals surface area contributed by atoms with Gasteiger partial charge < -0.3 is 15.9 Å². The van der Waals surface area contributed by atoms with E-state index in [9.17, 15) is 24.3 Å². The minimum absolute atomic E-state index is 0.0317. The number of hydrogen-bond acceptors (Lipinski definition) is 8. The van der Waals surface area contributed by atoms with Gasteiger partial charge in [-0.1, -0.05) is 24.3 Å². The standard InChI is InChI=1S/C21H21N5O6/c22-21-25-18-17(19(30)26-21)24-14(10-23-18)7-3-11-1-4-12(5-2-11)15(27)9-13(20(31)32)6-8-16(28)29/h1-2,4-5,10,13H,3,6-9H2,(H,28,29)(H,31,32)(H3,22,23,25,26,30). The molecule has 3 aromatic rings. The molecule has 11 heteroatoms. The van der Waals surface area contributed by atoms with E-state index in [1.165, 1.54) is 6.20 Å². The van der Waals surface area contributed by atoms with Crippen molar-refractivity contribution in [2.45, 2.75) is 32.1 Å². The molecule has 0 saturated heterocycles. The van der Waals surface area contributed by atoms with Crippen molar-refractivity contribution in [3.8, 4) is 0 Å². The molecule has 0 fully saturated rings. The number of nitrogen functional groups attached to an aromatic ring is 1. The summed E-state index contributed by atoms with van der Waals surface area (Å²) in [4.78, 5) is 61.0. The summed E-state index contributed by atoms with van der Waals surface area (Å²) in [7, 11) is 0. The molecule has 0 saturated carbocycles. The Bertz CT molecular complexity index is 1220. The van der Waals surface area contributed by atoms with E-state index in [0.717, 1.165) is 5.56 Å². The zero-order chi connectivity index (χ0) is 23.3. The minimum atomic E-state index is -1.19. The van der Waals surface area contributed by atoms with Crippen molar-refractivity contribution < 1.29 is 24.6 Å². The normalized spacial score (nSPS) is 11.9. The SMILES string of the molecule is Nc1nc2ncc(CCc3ccc(C(=O)CC(CCC(=O)O)C(=O)O)cc3)nc2c(=O)[nH]1. The third kappa shape index (κ3) is 5.72. The number of aromatic nitrogens is 4. The van der Waals surface area contributed by atoms with Gasteiger partial charge in [-0.25, -0.2) is 9.97 Å². The molecule has 0 spiro atoms. The van der Waals surface area contributed by atoms with Crippen LogP contribution in [0.15, 0.2) is 35.3 Å². The first kappa shape index (κ1) is 22.5. The molecule has 0 aliphatic carbocycles. The van der Waals surface area contributed by atoms with Gasteiger partial charge in [-0.05, 0) is 24.8 Å². The molecule has 32 heavy (non-hydrogen) atoms. The Balaban J connectivity index is 1.62. The number of carboxylic acids is 2. The molecule has 0 aliphatic heterocycles. The Morgan fingerprint density at radius 2 is 1.78 bits per heavy atom. The number of ketones is 1. The zero-order valence-corrected chi connectivity index (χ0v) is 16.9. The number of fused-ring (bicyclic) bond motifs is 1. The van der Waals surface area contributed by atoms with E-state index in [2.05, 4.69) is 19.9 Å². The summed E-state index contributed by atoms with van der Waals surface area (Å²) in [5, 5.41) is 17.9. The monoisotopic (exact) mass is 439 g/mol. The number of hydrogen-bond donors (Lipinski definition) is 4. The lowest BCUT2D eigenvalue weighted by Gasteiger charge is -2.10. The van der Waals surface area contributed by atoms with Gasteiger partial charge in [0, 0.05) is 18.4 Å². The second-order valence-electron chi connectivity index (χ2n) is 7.28. The lowest BCUT2D eigenvalue weighted by molar-refractivity contribution is -0.142. The van der Waals surface area contributed by atoms with E-state index in [1.54, 1.807) is 24.3 Å². The van der Waals surface area contributed by atoms with E-state index < -0.39 is 23.4 Å². The van der Waals surface area contributed by atoms with Crippen LogP contribution in [0, 0.1) is 5.92 Å². The number of nitrogens with two attached hydrogens (primary N) is 1. The average Bonchev–Trinajstić information content (AvgIpc) is 2.75. The number of carbonyl (C=O) groups is 3. The Hall–Kier alpha value is -4.15. The molecule has 3 rings (SSSR count). The smallest absolute Gasteiger partial charge is 0.306 e. The van der Waals surface area contributed by atoms with Gasteiger partial charge in [0.2, 0.25) is 5.95 Å². The van der Waals surface area contributed by atoms with Gasteiger partial charge in [0.05, 0.1) is 17.8 Å². The van der Waals surface area contributed by atoms with Crippen LogP contribution >= 0.6 is 0 Å². The molecule has 2 heterocycles. The number of carboxylic acid groups (broad SMARTS) is 2. The third-order valence-electron chi connectivity index (χ3n) is 4.92. The Kier molecular flexibility index (Phi) is 6.88. The predicted octanol–water partition coefficient (Wildman–Crippen LogP) is 1.22. The van der Waals surface area contributed by atoms with Gasteiger partial charge in [0.25, 0.3) is 5.56 Å². The molecule has 0 aliphatic rings. The molecule has 0 radical (unpaired) electrons. The molecular weight excluding hydrogens is 418 g/mol. The van der Waals surface area contributed by atoms with E-state index in [-0.39, 0.29) is 42.2 Å². The van der Waals surface area contributed by atoms with Gasteiger partial charge >= 0.3 is 11.9 Å². The van der Waals surface area contributed by atoms with Crippen LogP contribution in [0.3, 0.4) is 0 Å². The summed E-state index contributed by atoms with van der Waals surface area (Å²) in [5.74, 6) is -3.73. The third-order valence-corrected chi connectivity index (χ3v) is 4.92. The molecule has 11 nitrogen and oxygen atoms in total. The first-order valence-electron chi connectivity index (χ1n) is 9.81. The van der Waals surface area contributed by atoms with E-state index in [0.29, 0.717) is 24.1 Å². The lowest BCUT2D eigenvalue weighted by atomic mass is 9.93. The number of Topliss-reactive ketones (excluding diaryl/α,β-unsaturated/α-hetero) is 1. The second kappa shape index (κ2) is 9.77. The van der Waals surface area contributed by atoms with Crippen LogP contribution in [-0.2, 0) is 22.4 Å². The van der Waals surface area contributed by atoms with Crippen molar-refractivity contribution in [3.63, 3.8) is 0 Å². The summed E-state index contributed by atoms with van der Waals surface area (Å²) in [6, 6.07) is 6.72. The molecule has 166 valence electrons. The molecule has 0 amide bonds. The minimum Gasteiger partial charge on any atom is -0.481 e. The van der Waals surface area contributed by atoms with E-state index in [1.807, 2.05) is 0 Å². The number of rotatable bonds is 10. The molecule has 2 aromatic heterocycles. The molecule has 1 atom stereocenters. The zero-order valence-electron chi connectivity index (χ0n) is 16.9. The maximum absolute atomic E-state index is 12.4. The van der Waals surface area contributed by atoms with Crippen LogP contribution in [-0.4, -0.2) is 47.9 Å². The number of aliphatic carboxylic acids is 2. The summed E-state index contributed by atoms with van der Waals surface area (Å²) in [5.41, 5.74) is 7.16. The Morgan fingerprint density at radius 1 is 1.06 bits per heavy atom. The quantitative estimate of drug-likeness (QED) is 0.334. The van der Waals surface area contributed by atoms with Crippen LogP contribution in [0.5, 0.6) is 0 Å². The number of aromatic amines is 1. The number of H-pyrrole nitrogens is 1. The molecule has 1 aromatic carbocycles. The highest BCUT2D eigenvalue weighted by atomic mass is 16.4. The van der Waals surface area contributed by atoms with Crippen molar-refractivity contribution in [1.82, 2.24) is 19.9 Å². The fourth-order valence-corrected chi connectivity index (χ4v) is 3.17. The maximum Gasteiger partial charge on any atom is 0.306 e. The first-order valence-corrected chi connectivity index (χ1v) is 9.81. The van der Waals surface area contributed by atoms with Crippen molar-refractivity contribution in [1.29, 1.82) is 0 Å². The van der Waals surface area contributed by atoms with Crippen molar-refractivity contribution >= 4 is 34.8 Å². The van der Waals surface area contributed by atoms with Crippen LogP contribution in [0.2, 0.25) is 0 Å². The molecule has 5 N–H and O–H groups in total. The van der Waals surface area contributed by atoms with Gasteiger partial charge in [-0.2, -0.15) is 4.98 Å². The number of nitrogens with zero attached hydrogens (tertiary/aromatic N) is 3.